The SMILES string of the molecule is CC(=O)C1(C)N(O)C(C)(C)C(c2ccc(Cl)cc2)=[N+]1[O-]. The molecule has 0 aromatic heterocycles. The normalized spacial score (nSPS) is 26.1. The molecule has 1 aromatic rings. The number of hydrogen-bond acceptors (Lipinski definition) is 4. The van der Waals surface area contributed by atoms with Gasteiger partial charge in [0, 0.05) is 24.4 Å². The highest BCUT2D eigenvalue weighted by atomic mass is 35.5. The van der Waals surface area contributed by atoms with Crippen LogP contribution in [0.1, 0.15) is 33.3 Å². The first kappa shape index (κ1) is 15.0. The molecule has 0 bridgehead atoms. The first-order valence-corrected chi connectivity index (χ1v) is 6.62. The van der Waals surface area contributed by atoms with Crippen LogP contribution in [0.3, 0.4) is 0 Å². The van der Waals surface area contributed by atoms with E-state index >= 15 is 0 Å². The van der Waals surface area contributed by atoms with Gasteiger partial charge in [-0.25, -0.2) is 0 Å². The van der Waals surface area contributed by atoms with Gasteiger partial charge in [0.2, 0.25) is 11.5 Å². The Bertz CT molecular complexity index is 595. The summed E-state index contributed by atoms with van der Waals surface area (Å²) >= 11 is 5.85. The van der Waals surface area contributed by atoms with Gasteiger partial charge in [-0.05, 0) is 38.1 Å². The first-order valence-electron chi connectivity index (χ1n) is 6.24. The molecule has 20 heavy (non-hydrogen) atoms. The van der Waals surface area contributed by atoms with E-state index in [1.54, 1.807) is 38.1 Å². The molecular weight excluding hydrogens is 280 g/mol. The largest absolute Gasteiger partial charge is 0.622 e. The number of hydrogen-bond donors (Lipinski definition) is 1. The van der Waals surface area contributed by atoms with Gasteiger partial charge >= 0.3 is 5.66 Å². The highest BCUT2D eigenvalue weighted by Crippen LogP contribution is 2.35. The number of rotatable bonds is 2. The minimum absolute atomic E-state index is 0.328. The summed E-state index contributed by atoms with van der Waals surface area (Å²) in [7, 11) is 0. The molecular formula is C14H17ClN2O3. The molecule has 1 atom stereocenters. The van der Waals surface area contributed by atoms with Gasteiger partial charge in [0.15, 0.2) is 0 Å². The fourth-order valence-electron chi connectivity index (χ4n) is 2.57. The van der Waals surface area contributed by atoms with Gasteiger partial charge in [0.05, 0.1) is 0 Å². The van der Waals surface area contributed by atoms with Crippen LogP contribution < -0.4 is 0 Å². The van der Waals surface area contributed by atoms with E-state index in [-0.39, 0.29) is 0 Å². The third-order valence-corrected chi connectivity index (χ3v) is 4.16. The molecule has 108 valence electrons. The van der Waals surface area contributed by atoms with Crippen molar-refractivity contribution in [2.45, 2.75) is 38.9 Å². The van der Waals surface area contributed by atoms with Crippen molar-refractivity contribution in [3.05, 3.63) is 40.1 Å². The summed E-state index contributed by atoms with van der Waals surface area (Å²) in [6.45, 7) is 6.08. The Morgan fingerprint density at radius 3 is 2.20 bits per heavy atom. The molecule has 1 aliphatic rings. The van der Waals surface area contributed by atoms with Crippen LogP contribution in [0.2, 0.25) is 5.02 Å². The van der Waals surface area contributed by atoms with Crippen LogP contribution in [-0.4, -0.2) is 37.7 Å². The molecule has 0 saturated heterocycles. The van der Waals surface area contributed by atoms with Crippen LogP contribution in [-0.2, 0) is 4.79 Å². The average molecular weight is 297 g/mol. The van der Waals surface area contributed by atoms with Crippen LogP contribution in [0.5, 0.6) is 0 Å². The molecule has 1 aliphatic heterocycles. The second-order valence-corrected chi connectivity index (χ2v) is 6.03. The van der Waals surface area contributed by atoms with Crippen molar-refractivity contribution in [1.29, 1.82) is 0 Å². The highest BCUT2D eigenvalue weighted by molar-refractivity contribution is 6.30. The Hall–Kier alpha value is -1.43. The molecule has 0 fully saturated rings. The third kappa shape index (κ3) is 1.85. The number of carbonyl (C=O) groups is 1. The lowest BCUT2D eigenvalue weighted by Crippen LogP contribution is -2.57. The molecule has 0 spiro atoms. The molecule has 2 rings (SSSR count). The summed E-state index contributed by atoms with van der Waals surface area (Å²) in [6.07, 6.45) is 0. The minimum Gasteiger partial charge on any atom is -0.622 e. The zero-order valence-corrected chi connectivity index (χ0v) is 12.6. The van der Waals surface area contributed by atoms with E-state index in [1.165, 1.54) is 13.8 Å². The van der Waals surface area contributed by atoms with Crippen molar-refractivity contribution in [1.82, 2.24) is 5.06 Å². The Kier molecular flexibility index (Phi) is 3.40. The zero-order chi connectivity index (χ0) is 15.3. The smallest absolute Gasteiger partial charge is 0.307 e. The van der Waals surface area contributed by atoms with E-state index in [0.29, 0.717) is 21.0 Å². The highest BCUT2D eigenvalue weighted by Gasteiger charge is 2.62. The van der Waals surface area contributed by atoms with Crippen LogP contribution in [0.25, 0.3) is 0 Å². The summed E-state index contributed by atoms with van der Waals surface area (Å²) in [4.78, 5) is 11.8. The molecule has 0 saturated carbocycles. The van der Waals surface area contributed by atoms with E-state index < -0.39 is 17.0 Å². The lowest BCUT2D eigenvalue weighted by molar-refractivity contribution is -0.565. The maximum absolute atomic E-state index is 12.6. The average Bonchev–Trinajstić information content (AvgIpc) is 2.51. The van der Waals surface area contributed by atoms with E-state index in [0.717, 1.165) is 5.06 Å². The predicted octanol–water partition coefficient (Wildman–Crippen LogP) is 2.43. The first-order chi connectivity index (χ1) is 9.13. The van der Waals surface area contributed by atoms with Gasteiger partial charge in [0.1, 0.15) is 5.54 Å². The fourth-order valence-corrected chi connectivity index (χ4v) is 2.69. The van der Waals surface area contributed by atoms with Crippen molar-refractivity contribution >= 4 is 23.1 Å². The van der Waals surface area contributed by atoms with Gasteiger partial charge in [-0.15, -0.1) is 5.06 Å². The zero-order valence-electron chi connectivity index (χ0n) is 11.8. The molecule has 5 nitrogen and oxygen atoms in total. The number of nitrogens with zero attached hydrogens (tertiary/aromatic N) is 2. The quantitative estimate of drug-likeness (QED) is 0.672. The van der Waals surface area contributed by atoms with Crippen molar-refractivity contribution in [2.75, 3.05) is 0 Å². The van der Waals surface area contributed by atoms with Crippen molar-refractivity contribution in [3.8, 4) is 0 Å². The summed E-state index contributed by atoms with van der Waals surface area (Å²) in [5.74, 6) is -0.424. The van der Waals surface area contributed by atoms with Gasteiger partial charge in [-0.3, -0.25) is 4.79 Å². The molecule has 0 amide bonds. The summed E-state index contributed by atoms with van der Waals surface area (Å²) < 4.78 is 0.582. The Morgan fingerprint density at radius 2 is 1.80 bits per heavy atom. The minimum atomic E-state index is -1.63. The number of halogens is 1. The number of Topliss-reactive ketones (excluding diaryl/α,β-unsaturated/α-hetero) is 1. The molecule has 0 radical (unpaired) electrons. The van der Waals surface area contributed by atoms with Gasteiger partial charge < -0.3 is 10.4 Å². The lowest BCUT2D eigenvalue weighted by Gasteiger charge is -2.30. The molecule has 1 unspecified atom stereocenters. The fraction of sp³-hybridized carbons (Fsp3) is 0.429. The third-order valence-electron chi connectivity index (χ3n) is 3.90. The van der Waals surface area contributed by atoms with Gasteiger partial charge in [-0.2, -0.15) is 4.74 Å². The predicted molar refractivity (Wildman–Crippen MR) is 76.0 cm³/mol. The summed E-state index contributed by atoms with van der Waals surface area (Å²) in [6, 6.07) is 6.73. The van der Waals surface area contributed by atoms with Crippen molar-refractivity contribution in [2.24, 2.45) is 0 Å². The Labute approximate surface area is 122 Å². The molecule has 6 heteroatoms. The molecule has 1 N–H and O–H groups in total. The number of hydroxylamine groups is 3. The lowest BCUT2D eigenvalue weighted by atomic mass is 9.92. The number of carbonyl (C=O) groups excluding carboxylic acids is 1. The van der Waals surface area contributed by atoms with Crippen molar-refractivity contribution < 1.29 is 14.7 Å². The van der Waals surface area contributed by atoms with Crippen molar-refractivity contribution in [3.63, 3.8) is 0 Å². The molecule has 0 aliphatic carbocycles. The van der Waals surface area contributed by atoms with Crippen LogP contribution in [0.4, 0.5) is 0 Å². The van der Waals surface area contributed by atoms with E-state index in [9.17, 15) is 15.2 Å². The monoisotopic (exact) mass is 296 g/mol. The van der Waals surface area contributed by atoms with E-state index in [1.807, 2.05) is 0 Å². The van der Waals surface area contributed by atoms with Gasteiger partial charge in [-0.1, -0.05) is 11.6 Å². The Balaban J connectivity index is 2.68. The topological polar surface area (TPSA) is 66.6 Å². The van der Waals surface area contributed by atoms with E-state index in [2.05, 4.69) is 0 Å². The van der Waals surface area contributed by atoms with Gasteiger partial charge in [0.25, 0.3) is 0 Å². The maximum atomic E-state index is 12.6. The van der Waals surface area contributed by atoms with Crippen LogP contribution >= 0.6 is 11.6 Å². The molecule has 1 aromatic carbocycles. The molecule has 1 heterocycles. The number of benzene rings is 1. The maximum Gasteiger partial charge on any atom is 0.307 e. The standard InChI is InChI=1S/C14H17ClN2O3/c1-9(18)14(4)16(19)12(13(2,3)17(14)20)10-5-7-11(15)8-6-10/h5-8,20H,1-4H3. The second-order valence-electron chi connectivity index (χ2n) is 5.60. The second kappa shape index (κ2) is 4.55. The summed E-state index contributed by atoms with van der Waals surface area (Å²) in [5, 5.41) is 24.3. The van der Waals surface area contributed by atoms with Crippen LogP contribution in [0.15, 0.2) is 24.3 Å². The Morgan fingerprint density at radius 1 is 1.30 bits per heavy atom. The van der Waals surface area contributed by atoms with E-state index in [4.69, 9.17) is 11.6 Å². The number of ketones is 1. The van der Waals surface area contributed by atoms with Crippen LogP contribution in [0, 0.1) is 5.21 Å². The summed E-state index contributed by atoms with van der Waals surface area (Å²) in [5.41, 5.74) is -1.66.